The van der Waals surface area contributed by atoms with Gasteiger partial charge in [-0.1, -0.05) is 6.07 Å². The number of nitrogens with one attached hydrogen (secondary N) is 1. The summed E-state index contributed by atoms with van der Waals surface area (Å²) in [6.07, 6.45) is 0. The molecule has 0 radical (unpaired) electrons. The molecule has 0 aliphatic heterocycles. The summed E-state index contributed by atoms with van der Waals surface area (Å²) in [5, 5.41) is 2.52. The predicted molar refractivity (Wildman–Crippen MR) is 70.1 cm³/mol. The second kappa shape index (κ2) is 3.71. The van der Waals surface area contributed by atoms with Gasteiger partial charge in [0.05, 0.1) is 16.0 Å². The Bertz CT molecular complexity index is 731. The molecule has 84 valence electrons. The van der Waals surface area contributed by atoms with Crippen molar-refractivity contribution in [2.45, 2.75) is 0 Å². The maximum Gasteiger partial charge on any atom is 0.191 e. The first kappa shape index (κ1) is 10.0. The second-order valence-electron chi connectivity index (χ2n) is 3.66. The fraction of sp³-hybridized carbons (Fsp3) is 0. The van der Waals surface area contributed by atoms with E-state index in [0.717, 1.165) is 10.6 Å². The molecular formula is C12H9N3OS. The van der Waals surface area contributed by atoms with E-state index in [-0.39, 0.29) is 5.43 Å². The van der Waals surface area contributed by atoms with Crippen LogP contribution in [0, 0.1) is 0 Å². The number of rotatable bonds is 1. The lowest BCUT2D eigenvalue weighted by Crippen LogP contribution is -2.04. The molecule has 3 aromatic heterocycles. The first-order chi connectivity index (χ1) is 8.24. The summed E-state index contributed by atoms with van der Waals surface area (Å²) in [4.78, 5) is 20.2. The Labute approximate surface area is 101 Å². The molecule has 3 heterocycles. The van der Waals surface area contributed by atoms with Gasteiger partial charge in [-0.2, -0.15) is 0 Å². The van der Waals surface area contributed by atoms with E-state index in [0.29, 0.717) is 16.9 Å². The number of aromatic nitrogens is 2. The lowest BCUT2D eigenvalue weighted by molar-refractivity contribution is 1.29. The molecule has 4 nitrogen and oxygen atoms in total. The summed E-state index contributed by atoms with van der Waals surface area (Å²) >= 11 is 1.57. The zero-order chi connectivity index (χ0) is 11.8. The number of nitrogen functional groups attached to an aromatic ring is 1. The minimum atomic E-state index is -0.0466. The van der Waals surface area contributed by atoms with E-state index in [1.165, 1.54) is 0 Å². The second-order valence-corrected chi connectivity index (χ2v) is 4.60. The molecule has 3 aromatic rings. The van der Waals surface area contributed by atoms with Gasteiger partial charge in [0, 0.05) is 6.07 Å². The van der Waals surface area contributed by atoms with E-state index in [2.05, 4.69) is 9.97 Å². The van der Waals surface area contributed by atoms with Crippen LogP contribution in [0.5, 0.6) is 0 Å². The monoisotopic (exact) mass is 243 g/mol. The van der Waals surface area contributed by atoms with Crippen LogP contribution >= 0.6 is 11.3 Å². The Morgan fingerprint density at radius 2 is 2.18 bits per heavy atom. The molecule has 0 spiro atoms. The summed E-state index contributed by atoms with van der Waals surface area (Å²) in [5.74, 6) is 0.400. The maximum absolute atomic E-state index is 11.9. The quantitative estimate of drug-likeness (QED) is 0.688. The van der Waals surface area contributed by atoms with Gasteiger partial charge >= 0.3 is 0 Å². The Morgan fingerprint density at radius 3 is 2.94 bits per heavy atom. The van der Waals surface area contributed by atoms with Crippen LogP contribution in [-0.4, -0.2) is 9.97 Å². The number of hydrogen-bond acceptors (Lipinski definition) is 4. The van der Waals surface area contributed by atoms with Gasteiger partial charge in [0.25, 0.3) is 0 Å². The first-order valence-electron chi connectivity index (χ1n) is 5.07. The van der Waals surface area contributed by atoms with Crippen molar-refractivity contribution in [1.82, 2.24) is 9.97 Å². The van der Waals surface area contributed by atoms with Gasteiger partial charge in [-0.05, 0) is 23.6 Å². The van der Waals surface area contributed by atoms with Gasteiger partial charge in [-0.25, -0.2) is 4.98 Å². The summed E-state index contributed by atoms with van der Waals surface area (Å²) in [7, 11) is 0. The van der Waals surface area contributed by atoms with Crippen LogP contribution in [0.4, 0.5) is 5.82 Å². The fourth-order valence-electron chi connectivity index (χ4n) is 1.71. The summed E-state index contributed by atoms with van der Waals surface area (Å²) in [6.45, 7) is 0. The number of nitrogens with two attached hydrogens (primary N) is 1. The van der Waals surface area contributed by atoms with Gasteiger partial charge in [-0.15, -0.1) is 11.3 Å². The van der Waals surface area contributed by atoms with Gasteiger partial charge in [-0.3, -0.25) is 4.79 Å². The highest BCUT2D eigenvalue weighted by molar-refractivity contribution is 7.13. The van der Waals surface area contributed by atoms with Gasteiger partial charge in [0.2, 0.25) is 0 Å². The Hall–Kier alpha value is -2.14. The van der Waals surface area contributed by atoms with Crippen LogP contribution in [0.2, 0.25) is 0 Å². The van der Waals surface area contributed by atoms with Crippen molar-refractivity contribution in [3.8, 4) is 10.6 Å². The highest BCUT2D eigenvalue weighted by atomic mass is 32.1. The maximum atomic E-state index is 11.9. The van der Waals surface area contributed by atoms with Crippen LogP contribution in [0.1, 0.15) is 0 Å². The molecule has 0 amide bonds. The molecular weight excluding hydrogens is 234 g/mol. The van der Waals surface area contributed by atoms with Gasteiger partial charge in [0.15, 0.2) is 5.43 Å². The van der Waals surface area contributed by atoms with E-state index in [1.54, 1.807) is 29.5 Å². The number of anilines is 1. The highest BCUT2D eigenvalue weighted by Crippen LogP contribution is 2.22. The minimum absolute atomic E-state index is 0.0466. The molecule has 0 saturated heterocycles. The van der Waals surface area contributed by atoms with E-state index in [9.17, 15) is 4.79 Å². The van der Waals surface area contributed by atoms with Crippen molar-refractivity contribution >= 4 is 28.2 Å². The third kappa shape index (κ3) is 1.70. The third-order valence-electron chi connectivity index (χ3n) is 2.50. The number of aromatic amines is 1. The third-order valence-corrected chi connectivity index (χ3v) is 3.40. The molecule has 17 heavy (non-hydrogen) atoms. The normalized spacial score (nSPS) is 10.8. The zero-order valence-corrected chi connectivity index (χ0v) is 9.62. The lowest BCUT2D eigenvalue weighted by Gasteiger charge is -2.02. The van der Waals surface area contributed by atoms with Crippen molar-refractivity contribution in [2.75, 3.05) is 5.73 Å². The standard InChI is InChI=1S/C12H9N3OS/c13-11-4-3-7-9(16)6-8(14-12(7)15-11)10-2-1-5-17-10/h1-6H,(H3,13,14,15,16). The molecule has 0 unspecified atom stereocenters. The van der Waals surface area contributed by atoms with Crippen molar-refractivity contribution in [2.24, 2.45) is 0 Å². The van der Waals surface area contributed by atoms with Gasteiger partial charge in [0.1, 0.15) is 11.5 Å². The predicted octanol–water partition coefficient (Wildman–Crippen LogP) is 2.23. The van der Waals surface area contributed by atoms with Crippen molar-refractivity contribution in [3.63, 3.8) is 0 Å². The first-order valence-corrected chi connectivity index (χ1v) is 5.95. The molecule has 0 saturated carbocycles. The van der Waals surface area contributed by atoms with Crippen LogP contribution in [0.3, 0.4) is 0 Å². The van der Waals surface area contributed by atoms with Crippen molar-refractivity contribution in [1.29, 1.82) is 0 Å². The number of hydrogen-bond donors (Lipinski definition) is 2. The van der Waals surface area contributed by atoms with Crippen molar-refractivity contribution in [3.05, 3.63) is 45.9 Å². The molecule has 5 heteroatoms. The molecule has 0 aliphatic carbocycles. The van der Waals surface area contributed by atoms with Crippen LogP contribution in [-0.2, 0) is 0 Å². The minimum Gasteiger partial charge on any atom is -0.384 e. The average molecular weight is 243 g/mol. The Balaban J connectivity index is 2.33. The van der Waals surface area contributed by atoms with E-state index in [4.69, 9.17) is 5.73 Å². The average Bonchev–Trinajstić information content (AvgIpc) is 2.81. The summed E-state index contributed by atoms with van der Waals surface area (Å²) in [6, 6.07) is 8.80. The lowest BCUT2D eigenvalue weighted by atomic mass is 10.2. The highest BCUT2D eigenvalue weighted by Gasteiger charge is 2.05. The largest absolute Gasteiger partial charge is 0.384 e. The number of nitrogens with zero attached hydrogens (tertiary/aromatic N) is 1. The van der Waals surface area contributed by atoms with Crippen LogP contribution in [0.25, 0.3) is 21.6 Å². The molecule has 3 N–H and O–H groups in total. The smallest absolute Gasteiger partial charge is 0.191 e. The molecule has 0 atom stereocenters. The van der Waals surface area contributed by atoms with Crippen molar-refractivity contribution < 1.29 is 0 Å². The summed E-state index contributed by atoms with van der Waals surface area (Å²) < 4.78 is 0. The Kier molecular flexibility index (Phi) is 2.19. The molecule has 0 bridgehead atoms. The molecule has 3 rings (SSSR count). The SMILES string of the molecule is Nc1ccc2c(=O)cc(-c3cccs3)[nH]c2n1. The topological polar surface area (TPSA) is 71.8 Å². The number of thiophene rings is 1. The fourth-order valence-corrected chi connectivity index (χ4v) is 2.40. The number of pyridine rings is 2. The molecule has 0 aromatic carbocycles. The Morgan fingerprint density at radius 1 is 1.29 bits per heavy atom. The molecule has 0 fully saturated rings. The molecule has 0 aliphatic rings. The van der Waals surface area contributed by atoms with Crippen LogP contribution in [0.15, 0.2) is 40.5 Å². The van der Waals surface area contributed by atoms with E-state index in [1.807, 2.05) is 17.5 Å². The van der Waals surface area contributed by atoms with E-state index < -0.39 is 0 Å². The van der Waals surface area contributed by atoms with Crippen LogP contribution < -0.4 is 11.2 Å². The van der Waals surface area contributed by atoms with Gasteiger partial charge < -0.3 is 10.7 Å². The number of fused-ring (bicyclic) bond motifs is 1. The zero-order valence-electron chi connectivity index (χ0n) is 8.81. The van der Waals surface area contributed by atoms with E-state index >= 15 is 0 Å². The number of H-pyrrole nitrogens is 1. The summed E-state index contributed by atoms with van der Waals surface area (Å²) in [5.41, 5.74) is 6.87.